The van der Waals surface area contributed by atoms with Crippen LogP contribution >= 0.6 is 23.4 Å². The van der Waals surface area contributed by atoms with Gasteiger partial charge in [0.1, 0.15) is 16.7 Å². The van der Waals surface area contributed by atoms with E-state index in [2.05, 4.69) is 19.8 Å². The fourth-order valence-electron chi connectivity index (χ4n) is 6.45. The van der Waals surface area contributed by atoms with E-state index in [-0.39, 0.29) is 5.92 Å². The molecule has 2 aliphatic heterocycles. The molecular formula is C26H36ClN7OS. The molecule has 0 unspecified atom stereocenters. The van der Waals surface area contributed by atoms with Gasteiger partial charge in [0.05, 0.1) is 16.8 Å². The number of anilines is 3. The third-order valence-electron chi connectivity index (χ3n) is 9.39. The van der Waals surface area contributed by atoms with Gasteiger partial charge in [-0.05, 0) is 69.3 Å². The van der Waals surface area contributed by atoms with Crippen molar-refractivity contribution in [3.8, 4) is 0 Å². The molecule has 8 nitrogen and oxygen atoms in total. The van der Waals surface area contributed by atoms with E-state index < -0.39 is 5.60 Å². The van der Waals surface area contributed by atoms with E-state index in [1.54, 1.807) is 6.20 Å². The van der Waals surface area contributed by atoms with Crippen molar-refractivity contribution in [2.24, 2.45) is 22.5 Å². The Balaban J connectivity index is 1.11. The van der Waals surface area contributed by atoms with E-state index in [0.717, 1.165) is 55.6 Å². The molecule has 2 aromatic rings. The van der Waals surface area contributed by atoms with Crippen molar-refractivity contribution < 1.29 is 5.11 Å². The number of aliphatic hydroxyl groups is 1. The molecule has 0 radical (unpaired) electrons. The summed E-state index contributed by atoms with van der Waals surface area (Å²) >= 11 is 8.14. The Morgan fingerprint density at radius 1 is 1.06 bits per heavy atom. The molecule has 5 N–H and O–H groups in total. The second-order valence-electron chi connectivity index (χ2n) is 11.9. The van der Waals surface area contributed by atoms with Crippen LogP contribution in [-0.4, -0.2) is 57.9 Å². The number of hydrogen-bond donors (Lipinski definition) is 3. The molecule has 2 saturated heterocycles. The zero-order valence-electron chi connectivity index (χ0n) is 21.1. The molecule has 194 valence electrons. The average Bonchev–Trinajstić information content (AvgIpc) is 3.55. The fraction of sp³-hybridized carbons (Fsp3) is 0.654. The highest BCUT2D eigenvalue weighted by Gasteiger charge is 2.61. The molecule has 4 fully saturated rings. The Kier molecular flexibility index (Phi) is 5.87. The molecule has 2 aliphatic carbocycles. The predicted molar refractivity (Wildman–Crippen MR) is 145 cm³/mol. The third kappa shape index (κ3) is 4.12. The van der Waals surface area contributed by atoms with E-state index in [1.165, 1.54) is 37.4 Å². The van der Waals surface area contributed by atoms with Crippen molar-refractivity contribution >= 4 is 40.8 Å². The number of pyridine rings is 1. The summed E-state index contributed by atoms with van der Waals surface area (Å²) in [6.07, 6.45) is 11.0. The lowest BCUT2D eigenvalue weighted by atomic mass is 9.72. The van der Waals surface area contributed by atoms with Crippen LogP contribution in [0.2, 0.25) is 5.02 Å². The van der Waals surface area contributed by atoms with Gasteiger partial charge in [0.15, 0.2) is 5.82 Å². The number of aromatic nitrogens is 3. The van der Waals surface area contributed by atoms with Crippen LogP contribution in [0.3, 0.4) is 0 Å². The lowest BCUT2D eigenvalue weighted by Crippen LogP contribution is -2.56. The summed E-state index contributed by atoms with van der Waals surface area (Å²) in [5, 5.41) is 11.4. The number of piperidine rings is 1. The number of halogens is 1. The van der Waals surface area contributed by atoms with Crippen molar-refractivity contribution in [3.05, 3.63) is 23.5 Å². The predicted octanol–water partition coefficient (Wildman–Crippen LogP) is 3.95. The van der Waals surface area contributed by atoms with Gasteiger partial charge in [-0.3, -0.25) is 0 Å². The Labute approximate surface area is 222 Å². The molecule has 1 atom stereocenters. The minimum Gasteiger partial charge on any atom is -0.390 e. The molecule has 2 saturated carbocycles. The van der Waals surface area contributed by atoms with E-state index in [4.69, 9.17) is 28.1 Å². The zero-order valence-corrected chi connectivity index (χ0v) is 22.7. The fourth-order valence-corrected chi connectivity index (χ4v) is 7.57. The molecule has 0 bridgehead atoms. The topological polar surface area (TPSA) is 117 Å². The molecule has 0 amide bonds. The van der Waals surface area contributed by atoms with Crippen LogP contribution in [0.1, 0.15) is 52.4 Å². The highest BCUT2D eigenvalue weighted by molar-refractivity contribution is 7.99. The van der Waals surface area contributed by atoms with Crippen molar-refractivity contribution in [2.45, 2.75) is 73.9 Å². The maximum Gasteiger partial charge on any atom is 0.158 e. The molecular weight excluding hydrogens is 494 g/mol. The van der Waals surface area contributed by atoms with Gasteiger partial charge >= 0.3 is 0 Å². The van der Waals surface area contributed by atoms with Crippen LogP contribution in [-0.2, 0) is 0 Å². The van der Waals surface area contributed by atoms with Crippen molar-refractivity contribution in [3.63, 3.8) is 0 Å². The smallest absolute Gasteiger partial charge is 0.158 e. The molecule has 2 aromatic heterocycles. The van der Waals surface area contributed by atoms with E-state index in [1.807, 2.05) is 26.1 Å². The van der Waals surface area contributed by atoms with Gasteiger partial charge < -0.3 is 26.4 Å². The monoisotopic (exact) mass is 529 g/mol. The number of nitrogens with two attached hydrogens (primary N) is 2. The van der Waals surface area contributed by atoms with Crippen LogP contribution in [0.15, 0.2) is 28.4 Å². The SMILES string of the molecule is CC(C)(O)C1CN(c2nccc(Sc3ncc(N4CCC5(CC4)CCC4(CC4)[C@H]5N)nc3N)c2Cl)C1. The van der Waals surface area contributed by atoms with Crippen LogP contribution in [0, 0.1) is 16.7 Å². The molecule has 4 aliphatic rings. The number of nitrogen functional groups attached to an aromatic ring is 1. The maximum absolute atomic E-state index is 10.2. The summed E-state index contributed by atoms with van der Waals surface area (Å²) in [5.74, 6) is 2.17. The first-order valence-electron chi connectivity index (χ1n) is 13.0. The standard InChI is InChI=1S/C26H36ClN7OS/c1-24(2,35)16-14-34(15-16)21-19(27)17(3-10-30-21)36-22-20(28)32-18(13-31-22)33-11-8-26(9-12-33)7-6-25(4-5-25)23(26)29/h3,10,13,16,23,35H,4-9,11-12,14-15,29H2,1-2H3,(H2,28,32)/t23-/m1/s1. The van der Waals surface area contributed by atoms with Gasteiger partial charge in [-0.1, -0.05) is 23.4 Å². The van der Waals surface area contributed by atoms with E-state index in [9.17, 15) is 5.11 Å². The largest absolute Gasteiger partial charge is 0.390 e. The van der Waals surface area contributed by atoms with Crippen LogP contribution < -0.4 is 21.3 Å². The first-order chi connectivity index (χ1) is 17.1. The van der Waals surface area contributed by atoms with E-state index >= 15 is 0 Å². The highest BCUT2D eigenvalue weighted by atomic mass is 35.5. The molecule has 2 spiro atoms. The zero-order chi connectivity index (χ0) is 25.3. The van der Waals surface area contributed by atoms with E-state index in [0.29, 0.717) is 32.7 Å². The normalized spacial score (nSPS) is 25.0. The first kappa shape index (κ1) is 24.5. The Morgan fingerprint density at radius 2 is 1.69 bits per heavy atom. The summed E-state index contributed by atoms with van der Waals surface area (Å²) in [6.45, 7) is 7.04. The van der Waals surface area contributed by atoms with Crippen LogP contribution in [0.25, 0.3) is 0 Å². The van der Waals surface area contributed by atoms with Gasteiger partial charge in [0.25, 0.3) is 0 Å². The summed E-state index contributed by atoms with van der Waals surface area (Å²) < 4.78 is 0. The molecule has 10 heteroatoms. The lowest BCUT2D eigenvalue weighted by Gasteiger charge is -2.46. The number of rotatable bonds is 5. The van der Waals surface area contributed by atoms with Crippen LogP contribution in [0.4, 0.5) is 17.5 Å². The highest BCUT2D eigenvalue weighted by Crippen LogP contribution is 2.65. The number of hydrogen-bond acceptors (Lipinski definition) is 9. The Hall–Kier alpha value is -1.81. The van der Waals surface area contributed by atoms with Crippen molar-refractivity contribution in [1.82, 2.24) is 15.0 Å². The minimum atomic E-state index is -0.710. The summed E-state index contributed by atoms with van der Waals surface area (Å²) in [4.78, 5) is 19.1. The maximum atomic E-state index is 10.2. The molecule has 6 rings (SSSR count). The van der Waals surface area contributed by atoms with Crippen molar-refractivity contribution in [2.75, 3.05) is 41.7 Å². The summed E-state index contributed by atoms with van der Waals surface area (Å²) in [7, 11) is 0. The van der Waals surface area contributed by atoms with Crippen molar-refractivity contribution in [1.29, 1.82) is 0 Å². The second-order valence-corrected chi connectivity index (χ2v) is 13.3. The Morgan fingerprint density at radius 3 is 2.31 bits per heavy atom. The van der Waals surface area contributed by atoms with Gasteiger partial charge in [0.2, 0.25) is 0 Å². The minimum absolute atomic E-state index is 0.199. The summed E-state index contributed by atoms with van der Waals surface area (Å²) in [6, 6.07) is 2.23. The van der Waals surface area contributed by atoms with Gasteiger partial charge in [-0.2, -0.15) is 0 Å². The van der Waals surface area contributed by atoms with Gasteiger partial charge in [-0.25, -0.2) is 15.0 Å². The average molecular weight is 530 g/mol. The summed E-state index contributed by atoms with van der Waals surface area (Å²) in [5.41, 5.74) is 13.2. The molecule has 4 heterocycles. The number of nitrogens with zero attached hydrogens (tertiary/aromatic N) is 5. The molecule has 36 heavy (non-hydrogen) atoms. The second kappa shape index (κ2) is 8.61. The third-order valence-corrected chi connectivity index (χ3v) is 10.9. The molecule has 0 aromatic carbocycles. The van der Waals surface area contributed by atoms with Gasteiger partial charge in [0, 0.05) is 49.2 Å². The lowest BCUT2D eigenvalue weighted by molar-refractivity contribution is 0.00438. The first-order valence-corrected chi connectivity index (χ1v) is 14.2. The van der Waals surface area contributed by atoms with Crippen LogP contribution in [0.5, 0.6) is 0 Å². The Bertz CT molecular complexity index is 1150. The quantitative estimate of drug-likeness (QED) is 0.529. The van der Waals surface area contributed by atoms with Gasteiger partial charge in [-0.15, -0.1) is 0 Å².